The van der Waals surface area contributed by atoms with Crippen LogP contribution in [0.25, 0.3) is 5.43 Å². The van der Waals surface area contributed by atoms with E-state index in [0.29, 0.717) is 0 Å². The lowest BCUT2D eigenvalue weighted by atomic mass is 10.1. The van der Waals surface area contributed by atoms with Gasteiger partial charge in [-0.25, -0.2) is 5.43 Å². The van der Waals surface area contributed by atoms with Crippen LogP contribution in [0.2, 0.25) is 0 Å². The Bertz CT molecular complexity index is 814. The van der Waals surface area contributed by atoms with E-state index in [4.69, 9.17) is 5.43 Å². The number of hydrogen-bond acceptors (Lipinski definition) is 1. The molecule has 0 saturated carbocycles. The number of allylic oxidation sites excluding steroid dienone is 5. The van der Waals surface area contributed by atoms with E-state index in [1.165, 1.54) is 5.57 Å². The van der Waals surface area contributed by atoms with Crippen LogP contribution in [-0.4, -0.2) is 11.0 Å². The van der Waals surface area contributed by atoms with Crippen LogP contribution in [0, 0.1) is 0 Å². The molecule has 23 heavy (non-hydrogen) atoms. The van der Waals surface area contributed by atoms with Crippen molar-refractivity contribution in [2.45, 2.75) is 6.42 Å². The molecule has 1 heterocycles. The fraction of sp³-hybridized carbons (Fsp3) is 0.0500. The van der Waals surface area contributed by atoms with Gasteiger partial charge < -0.3 is 0 Å². The number of nitrogens with zero attached hydrogens (tertiary/aromatic N) is 3. The molecule has 0 unspecified atom stereocenters. The molecule has 3 heteroatoms. The number of para-hydroxylation sites is 2. The third kappa shape index (κ3) is 2.69. The first-order valence-corrected chi connectivity index (χ1v) is 7.73. The zero-order valence-corrected chi connectivity index (χ0v) is 12.7. The van der Waals surface area contributed by atoms with E-state index < -0.39 is 0 Å². The van der Waals surface area contributed by atoms with Crippen LogP contribution in [0.3, 0.4) is 0 Å². The lowest BCUT2D eigenvalue weighted by molar-refractivity contribution is -0.369. The Morgan fingerprint density at radius 3 is 2.30 bits per heavy atom. The van der Waals surface area contributed by atoms with E-state index >= 15 is 0 Å². The second-order valence-electron chi connectivity index (χ2n) is 5.44. The first-order valence-electron chi connectivity index (χ1n) is 7.73. The molecule has 1 aliphatic heterocycles. The Labute approximate surface area is 136 Å². The van der Waals surface area contributed by atoms with Gasteiger partial charge in [-0.2, -0.15) is 9.58 Å². The normalized spacial score (nSPS) is 19.7. The molecule has 4 rings (SSSR count). The van der Waals surface area contributed by atoms with Crippen LogP contribution in [0.15, 0.2) is 96.4 Å². The zero-order valence-electron chi connectivity index (χ0n) is 12.7. The molecule has 0 aromatic heterocycles. The molecule has 112 valence electrons. The van der Waals surface area contributed by atoms with Crippen molar-refractivity contribution >= 4 is 17.7 Å². The van der Waals surface area contributed by atoms with Crippen molar-refractivity contribution in [2.24, 2.45) is 0 Å². The molecule has 0 amide bonds. The second kappa shape index (κ2) is 5.97. The van der Waals surface area contributed by atoms with Gasteiger partial charge in [0.1, 0.15) is 11.4 Å². The van der Waals surface area contributed by atoms with Crippen molar-refractivity contribution in [1.82, 2.24) is 0 Å². The van der Waals surface area contributed by atoms with Crippen LogP contribution in [0.1, 0.15) is 6.42 Å². The first-order chi connectivity index (χ1) is 11.4. The summed E-state index contributed by atoms with van der Waals surface area (Å²) in [6.07, 6.45) is 11.4. The molecule has 2 aliphatic rings. The highest BCUT2D eigenvalue weighted by Gasteiger charge is 2.27. The Morgan fingerprint density at radius 2 is 1.61 bits per heavy atom. The van der Waals surface area contributed by atoms with E-state index in [0.717, 1.165) is 23.6 Å². The van der Waals surface area contributed by atoms with Crippen LogP contribution in [-0.2, 0) is 0 Å². The molecular formula is C20H17N3. The predicted octanol–water partition coefficient (Wildman–Crippen LogP) is 4.90. The van der Waals surface area contributed by atoms with Crippen LogP contribution < -0.4 is 4.90 Å². The minimum absolute atomic E-state index is 0.898. The predicted molar refractivity (Wildman–Crippen MR) is 94.6 cm³/mol. The van der Waals surface area contributed by atoms with Gasteiger partial charge in [0.2, 0.25) is 0 Å². The summed E-state index contributed by atoms with van der Waals surface area (Å²) in [5, 5.41) is 0. The molecule has 0 bridgehead atoms. The van der Waals surface area contributed by atoms with Gasteiger partial charge in [-0.3, -0.25) is 0 Å². The maximum atomic E-state index is 4.84. The van der Waals surface area contributed by atoms with Gasteiger partial charge in [-0.15, -0.1) is 0 Å². The fourth-order valence-corrected chi connectivity index (χ4v) is 2.72. The SMILES string of the molecule is C1=CC/C(=C2/[N-][N+](c3ccccc3)=CN2c2ccccc2)C=C1. The molecule has 1 aliphatic carbocycles. The van der Waals surface area contributed by atoms with Gasteiger partial charge in [0.15, 0.2) is 5.82 Å². The van der Waals surface area contributed by atoms with Crippen molar-refractivity contribution in [3.05, 3.63) is 102 Å². The molecule has 0 fully saturated rings. The monoisotopic (exact) mass is 299 g/mol. The Hall–Kier alpha value is -3.07. The summed E-state index contributed by atoms with van der Waals surface area (Å²) in [6, 6.07) is 20.5. The molecule has 0 N–H and O–H groups in total. The lowest BCUT2D eigenvalue weighted by Crippen LogP contribution is -2.17. The van der Waals surface area contributed by atoms with Crippen LogP contribution >= 0.6 is 0 Å². The smallest absolute Gasteiger partial charge is 0.233 e. The third-order valence-electron chi connectivity index (χ3n) is 3.88. The maximum absolute atomic E-state index is 4.84. The molecule has 0 saturated heterocycles. The Morgan fingerprint density at radius 1 is 0.870 bits per heavy atom. The first kappa shape index (κ1) is 13.6. The van der Waals surface area contributed by atoms with Gasteiger partial charge >= 0.3 is 0 Å². The van der Waals surface area contributed by atoms with Gasteiger partial charge in [-0.05, 0) is 30.7 Å². The topological polar surface area (TPSA) is 20.4 Å². The average molecular weight is 299 g/mol. The van der Waals surface area contributed by atoms with Gasteiger partial charge in [0, 0.05) is 5.57 Å². The summed E-state index contributed by atoms with van der Waals surface area (Å²) in [7, 11) is 0. The summed E-state index contributed by atoms with van der Waals surface area (Å²) < 4.78 is 1.93. The lowest BCUT2D eigenvalue weighted by Gasteiger charge is -2.15. The minimum atomic E-state index is 0.898. The van der Waals surface area contributed by atoms with Crippen molar-refractivity contribution in [2.75, 3.05) is 4.90 Å². The summed E-state index contributed by atoms with van der Waals surface area (Å²) >= 11 is 0. The molecule has 0 atom stereocenters. The standard InChI is InChI=1S/C20H17N3/c1-4-10-17(11-5-1)20-21-23(19-14-8-3-9-15-19)16-22(20)18-12-6-2-7-13-18/h1-10,12-16H,11H2/b20-17-. The van der Waals surface area contributed by atoms with Gasteiger partial charge in [-0.1, -0.05) is 60.7 Å². The Balaban J connectivity index is 1.78. The maximum Gasteiger partial charge on any atom is 0.257 e. The molecule has 3 nitrogen and oxygen atoms in total. The second-order valence-corrected chi connectivity index (χ2v) is 5.44. The van der Waals surface area contributed by atoms with Crippen molar-refractivity contribution in [3.63, 3.8) is 0 Å². The van der Waals surface area contributed by atoms with Crippen LogP contribution in [0.5, 0.6) is 0 Å². The third-order valence-corrected chi connectivity index (χ3v) is 3.88. The molecule has 2 aromatic carbocycles. The summed E-state index contributed by atoms with van der Waals surface area (Å²) in [5.74, 6) is 0.973. The van der Waals surface area contributed by atoms with E-state index in [9.17, 15) is 0 Å². The van der Waals surface area contributed by atoms with Crippen molar-refractivity contribution < 1.29 is 4.68 Å². The van der Waals surface area contributed by atoms with E-state index in [2.05, 4.69) is 53.5 Å². The van der Waals surface area contributed by atoms with E-state index in [-0.39, 0.29) is 0 Å². The Kier molecular flexibility index (Phi) is 3.53. The number of hydrogen-bond donors (Lipinski definition) is 0. The zero-order chi connectivity index (χ0) is 15.5. The van der Waals surface area contributed by atoms with Gasteiger partial charge in [0.05, 0.1) is 0 Å². The average Bonchev–Trinajstić information content (AvgIpc) is 3.09. The number of benzene rings is 2. The molecule has 0 spiro atoms. The molecular weight excluding hydrogens is 282 g/mol. The van der Waals surface area contributed by atoms with E-state index in [1.807, 2.05) is 47.4 Å². The fourth-order valence-electron chi connectivity index (χ4n) is 2.72. The summed E-state index contributed by atoms with van der Waals surface area (Å²) in [6.45, 7) is 0. The molecule has 2 aromatic rings. The van der Waals surface area contributed by atoms with Crippen molar-refractivity contribution in [1.29, 1.82) is 0 Å². The quantitative estimate of drug-likeness (QED) is 0.723. The van der Waals surface area contributed by atoms with Crippen LogP contribution in [0.4, 0.5) is 11.4 Å². The van der Waals surface area contributed by atoms with E-state index in [1.54, 1.807) is 0 Å². The summed E-state index contributed by atoms with van der Waals surface area (Å²) in [4.78, 5) is 2.14. The highest BCUT2D eigenvalue weighted by Crippen LogP contribution is 2.33. The number of anilines is 1. The number of rotatable bonds is 2. The van der Waals surface area contributed by atoms with Crippen molar-refractivity contribution in [3.8, 4) is 0 Å². The summed E-state index contributed by atoms with van der Waals surface area (Å²) in [5.41, 5.74) is 8.22. The largest absolute Gasteiger partial charge is 0.257 e. The minimum Gasteiger partial charge on any atom is -0.233 e. The van der Waals surface area contributed by atoms with Gasteiger partial charge in [0.25, 0.3) is 6.34 Å². The highest BCUT2D eigenvalue weighted by atomic mass is 15.6. The molecule has 0 radical (unpaired) electrons. The highest BCUT2D eigenvalue weighted by molar-refractivity contribution is 5.85.